The maximum absolute atomic E-state index is 10.7. The third-order valence-electron chi connectivity index (χ3n) is 3.04. The van der Waals surface area contributed by atoms with Crippen molar-refractivity contribution in [3.63, 3.8) is 0 Å². The Hall–Kier alpha value is -1.51. The van der Waals surface area contributed by atoms with E-state index in [2.05, 4.69) is 0 Å². The number of likely N-dealkylation sites (N-methyl/N-ethyl adjacent to an activating group) is 1. The number of benzene rings is 1. The first-order valence-corrected chi connectivity index (χ1v) is 7.33. The van der Waals surface area contributed by atoms with E-state index in [1.54, 1.807) is 12.1 Å². The van der Waals surface area contributed by atoms with Gasteiger partial charge in [0.05, 0.1) is 17.5 Å². The Morgan fingerprint density at radius 2 is 1.91 bits per heavy atom. The minimum Gasteiger partial charge on any atom is -0.544 e. The number of carbonyl (C=O) groups excluding carboxylic acids is 1. The summed E-state index contributed by atoms with van der Waals surface area (Å²) in [6.07, 6.45) is 3.81. The zero-order valence-corrected chi connectivity index (χ0v) is 13.5. The minimum atomic E-state index is -1.14. The van der Waals surface area contributed by atoms with E-state index >= 15 is 0 Å². The van der Waals surface area contributed by atoms with Crippen LogP contribution in [-0.4, -0.2) is 31.3 Å². The molecule has 1 N–H and O–H groups in total. The smallest absolute Gasteiger partial charge is 0.544 e. The number of hydrogen-bond donors (Lipinski definition) is 1. The van der Waals surface area contributed by atoms with Gasteiger partial charge in [-0.2, -0.15) is 0 Å². The Labute approximate surface area is 145 Å². The number of thiophene rings is 1. The van der Waals surface area contributed by atoms with Gasteiger partial charge in [-0.15, -0.1) is 11.3 Å². The van der Waals surface area contributed by atoms with Crippen LogP contribution in [0.4, 0.5) is 5.69 Å². The van der Waals surface area contributed by atoms with Crippen molar-refractivity contribution in [2.24, 2.45) is 0 Å². The Balaban J connectivity index is 0.00000242. The van der Waals surface area contributed by atoms with Crippen LogP contribution in [0.25, 0.3) is 12.2 Å². The van der Waals surface area contributed by atoms with Gasteiger partial charge in [-0.05, 0) is 35.9 Å². The average molecular weight is 309 g/mol. The third kappa shape index (κ3) is 5.04. The zero-order valence-electron chi connectivity index (χ0n) is 12.7. The van der Waals surface area contributed by atoms with E-state index < -0.39 is 5.97 Å². The van der Waals surface area contributed by atoms with Gasteiger partial charge in [-0.1, -0.05) is 18.2 Å². The minimum absolute atomic E-state index is 0. The Bertz CT molecular complexity index is 637. The standard InChI is InChI=1S/C16H17NO3S.Li/c1-17(10-11-18)13-5-2-12(3-6-13)4-7-14-8-9-15(21-14)16(19)20;/h2-9,18H,10-11H2,1H3,(H,19,20);/q;+1/p-1/b7-4+;. The zero-order chi connectivity index (χ0) is 15.2. The quantitative estimate of drug-likeness (QED) is 0.675. The molecule has 22 heavy (non-hydrogen) atoms. The molecule has 1 aromatic heterocycles. The molecule has 0 fully saturated rings. The van der Waals surface area contributed by atoms with E-state index in [0.29, 0.717) is 6.54 Å². The van der Waals surface area contributed by atoms with Gasteiger partial charge in [-0.25, -0.2) is 0 Å². The molecule has 2 rings (SSSR count). The van der Waals surface area contributed by atoms with E-state index in [1.165, 1.54) is 11.3 Å². The number of rotatable bonds is 6. The molecular weight excluding hydrogens is 293 g/mol. The molecule has 6 heteroatoms. The molecule has 1 aromatic carbocycles. The monoisotopic (exact) mass is 309 g/mol. The summed E-state index contributed by atoms with van der Waals surface area (Å²) in [6, 6.07) is 11.2. The van der Waals surface area contributed by atoms with Crippen molar-refractivity contribution in [1.29, 1.82) is 0 Å². The third-order valence-corrected chi connectivity index (χ3v) is 4.07. The molecule has 0 amide bonds. The van der Waals surface area contributed by atoms with E-state index in [4.69, 9.17) is 5.11 Å². The van der Waals surface area contributed by atoms with Crippen LogP contribution in [-0.2, 0) is 0 Å². The van der Waals surface area contributed by atoms with Crippen LogP contribution in [0.5, 0.6) is 0 Å². The molecule has 110 valence electrons. The fourth-order valence-electron chi connectivity index (χ4n) is 1.85. The molecule has 0 bridgehead atoms. The molecule has 0 atom stereocenters. The van der Waals surface area contributed by atoms with E-state index in [-0.39, 0.29) is 30.3 Å². The predicted molar refractivity (Wildman–Crippen MR) is 84.4 cm³/mol. The van der Waals surface area contributed by atoms with Crippen LogP contribution >= 0.6 is 11.3 Å². The Kier molecular flexibility index (Phi) is 7.43. The summed E-state index contributed by atoms with van der Waals surface area (Å²) in [5.74, 6) is -1.14. The first-order chi connectivity index (χ1) is 10.1. The van der Waals surface area contributed by atoms with Gasteiger partial charge in [0.25, 0.3) is 0 Å². The maximum Gasteiger partial charge on any atom is 1.00 e. The van der Waals surface area contributed by atoms with Crippen molar-refractivity contribution < 1.29 is 33.9 Å². The Morgan fingerprint density at radius 1 is 1.23 bits per heavy atom. The van der Waals surface area contributed by atoms with Gasteiger partial charge in [-0.3, -0.25) is 0 Å². The van der Waals surface area contributed by atoms with Crippen LogP contribution in [0, 0.1) is 0 Å². The van der Waals surface area contributed by atoms with Gasteiger partial charge >= 0.3 is 18.9 Å². The van der Waals surface area contributed by atoms with Gasteiger partial charge in [0, 0.05) is 24.2 Å². The number of aromatic carboxylic acids is 1. The maximum atomic E-state index is 10.7. The largest absolute Gasteiger partial charge is 1.00 e. The summed E-state index contributed by atoms with van der Waals surface area (Å²) in [6.45, 7) is 0.716. The van der Waals surface area contributed by atoms with E-state index in [0.717, 1.165) is 16.1 Å². The fourth-order valence-corrected chi connectivity index (χ4v) is 2.59. The van der Waals surface area contributed by atoms with Gasteiger partial charge in [0.2, 0.25) is 0 Å². The second-order valence-electron chi connectivity index (χ2n) is 4.56. The molecule has 0 spiro atoms. The van der Waals surface area contributed by atoms with Crippen LogP contribution in [0.3, 0.4) is 0 Å². The number of carbonyl (C=O) groups is 1. The van der Waals surface area contributed by atoms with Crippen molar-refractivity contribution in [3.8, 4) is 0 Å². The molecule has 0 saturated heterocycles. The molecule has 0 radical (unpaired) electrons. The molecule has 0 aliphatic rings. The number of anilines is 1. The molecule has 0 aliphatic carbocycles. The number of aliphatic hydroxyl groups excluding tert-OH is 1. The molecule has 0 saturated carbocycles. The molecule has 4 nitrogen and oxygen atoms in total. The summed E-state index contributed by atoms with van der Waals surface area (Å²) in [4.78, 5) is 13.8. The summed E-state index contributed by atoms with van der Waals surface area (Å²) < 4.78 is 0. The summed E-state index contributed by atoms with van der Waals surface area (Å²) >= 11 is 1.19. The number of carboxylic acid groups (broad SMARTS) is 1. The number of hydrogen-bond acceptors (Lipinski definition) is 5. The molecular formula is C16H16LiNO3S. The number of carboxylic acids is 1. The van der Waals surface area contributed by atoms with E-state index in [1.807, 2.05) is 48.4 Å². The molecule has 0 aliphatic heterocycles. The first-order valence-electron chi connectivity index (χ1n) is 6.51. The predicted octanol–water partition coefficient (Wildman–Crippen LogP) is -1.29. The first kappa shape index (κ1) is 18.5. The van der Waals surface area contributed by atoms with Crippen molar-refractivity contribution in [1.82, 2.24) is 0 Å². The van der Waals surface area contributed by atoms with Crippen molar-refractivity contribution in [2.45, 2.75) is 0 Å². The van der Waals surface area contributed by atoms with Gasteiger partial charge < -0.3 is 19.9 Å². The normalized spacial score (nSPS) is 10.5. The van der Waals surface area contributed by atoms with Crippen LogP contribution in [0.1, 0.15) is 20.1 Å². The van der Waals surface area contributed by atoms with Gasteiger partial charge in [0.1, 0.15) is 0 Å². The van der Waals surface area contributed by atoms with Crippen molar-refractivity contribution >= 4 is 35.1 Å². The van der Waals surface area contributed by atoms with Crippen molar-refractivity contribution in [3.05, 3.63) is 51.7 Å². The van der Waals surface area contributed by atoms with Crippen molar-refractivity contribution in [2.75, 3.05) is 25.1 Å². The molecule has 2 aromatic rings. The Morgan fingerprint density at radius 3 is 2.45 bits per heavy atom. The second-order valence-corrected chi connectivity index (χ2v) is 5.67. The topological polar surface area (TPSA) is 63.6 Å². The summed E-state index contributed by atoms with van der Waals surface area (Å²) in [7, 11) is 1.92. The van der Waals surface area contributed by atoms with Crippen LogP contribution in [0.15, 0.2) is 36.4 Å². The number of aliphatic hydroxyl groups is 1. The van der Waals surface area contributed by atoms with E-state index in [9.17, 15) is 9.90 Å². The van der Waals surface area contributed by atoms with Crippen LogP contribution < -0.4 is 28.9 Å². The second kappa shape index (κ2) is 8.82. The molecule has 1 heterocycles. The average Bonchev–Trinajstić information content (AvgIpc) is 2.95. The fraction of sp³-hybridized carbons (Fsp3) is 0.188. The number of nitrogens with zero attached hydrogens (tertiary/aromatic N) is 1. The van der Waals surface area contributed by atoms with Gasteiger partial charge in [0.15, 0.2) is 0 Å². The summed E-state index contributed by atoms with van der Waals surface area (Å²) in [5.41, 5.74) is 2.07. The van der Waals surface area contributed by atoms with Crippen LogP contribution in [0.2, 0.25) is 0 Å². The SMILES string of the molecule is CN(CCO)c1ccc(/C=C/c2ccc(C(=O)[O-])s2)cc1.[Li+]. The molecule has 0 unspecified atom stereocenters. The summed E-state index contributed by atoms with van der Waals surface area (Å²) in [5, 5.41) is 19.6.